The molecule has 0 fully saturated rings. The number of aliphatic hydroxyl groups excluding tert-OH is 1. The Morgan fingerprint density at radius 2 is 1.81 bits per heavy atom. The smallest absolute Gasteiger partial charge is 0.224 e. The predicted molar refractivity (Wildman–Crippen MR) is 65.9 cm³/mol. The molecule has 0 aromatic heterocycles. The van der Waals surface area contributed by atoms with Crippen molar-refractivity contribution in [1.29, 1.82) is 0 Å². The van der Waals surface area contributed by atoms with Crippen LogP contribution in [0.3, 0.4) is 0 Å². The van der Waals surface area contributed by atoms with Gasteiger partial charge in [0.25, 0.3) is 0 Å². The highest BCUT2D eigenvalue weighted by atomic mass is 16.3. The van der Waals surface area contributed by atoms with Gasteiger partial charge in [-0.2, -0.15) is 0 Å². The Morgan fingerprint density at radius 1 is 1.31 bits per heavy atom. The van der Waals surface area contributed by atoms with Crippen LogP contribution in [0.5, 0.6) is 0 Å². The fourth-order valence-electron chi connectivity index (χ4n) is 1.50. The van der Waals surface area contributed by atoms with Crippen LogP contribution in [0.25, 0.3) is 0 Å². The average molecular weight is 230 g/mol. The molecule has 16 heavy (non-hydrogen) atoms. The van der Waals surface area contributed by atoms with E-state index in [0.717, 1.165) is 6.42 Å². The zero-order valence-electron chi connectivity index (χ0n) is 11.1. The molecular weight excluding hydrogens is 204 g/mol. The minimum Gasteiger partial charge on any atom is -0.394 e. The number of aliphatic hydroxyl groups is 1. The summed E-state index contributed by atoms with van der Waals surface area (Å²) in [5, 5.41) is 11.9. The molecule has 4 nitrogen and oxygen atoms in total. The number of carbonyl (C=O) groups excluding carboxylic acids is 1. The molecule has 0 saturated carbocycles. The molecule has 0 aliphatic heterocycles. The monoisotopic (exact) mass is 230 g/mol. The molecule has 0 aromatic rings. The number of hydrogen-bond donors (Lipinski definition) is 3. The minimum absolute atomic E-state index is 0.0727. The maximum atomic E-state index is 11.9. The van der Waals surface area contributed by atoms with E-state index in [4.69, 9.17) is 10.8 Å². The van der Waals surface area contributed by atoms with E-state index in [0.29, 0.717) is 6.54 Å². The Hall–Kier alpha value is -0.610. The maximum Gasteiger partial charge on any atom is 0.224 e. The number of carbonyl (C=O) groups is 1. The van der Waals surface area contributed by atoms with Gasteiger partial charge in [0.05, 0.1) is 18.1 Å². The van der Waals surface area contributed by atoms with Gasteiger partial charge in [-0.3, -0.25) is 4.79 Å². The summed E-state index contributed by atoms with van der Waals surface area (Å²) in [6, 6.07) is 0. The fraction of sp³-hybridized carbons (Fsp3) is 0.917. The molecule has 0 aliphatic rings. The second-order valence-corrected chi connectivity index (χ2v) is 6.23. The van der Waals surface area contributed by atoms with Gasteiger partial charge < -0.3 is 16.2 Å². The molecule has 0 bridgehead atoms. The number of hydrogen-bond acceptors (Lipinski definition) is 3. The van der Waals surface area contributed by atoms with Gasteiger partial charge in [0.15, 0.2) is 0 Å². The van der Waals surface area contributed by atoms with Crippen molar-refractivity contribution < 1.29 is 9.90 Å². The highest BCUT2D eigenvalue weighted by Crippen LogP contribution is 2.24. The molecule has 0 heterocycles. The average Bonchev–Trinajstić information content (AvgIpc) is 2.12. The number of nitrogens with one attached hydrogen (secondary N) is 1. The van der Waals surface area contributed by atoms with Crippen LogP contribution in [0.1, 0.15) is 41.0 Å². The van der Waals surface area contributed by atoms with Crippen LogP contribution in [0.2, 0.25) is 0 Å². The quantitative estimate of drug-likeness (QED) is 0.656. The van der Waals surface area contributed by atoms with E-state index in [1.807, 2.05) is 0 Å². The van der Waals surface area contributed by atoms with E-state index in [-0.39, 0.29) is 23.8 Å². The summed E-state index contributed by atoms with van der Waals surface area (Å²) in [7, 11) is 0. The van der Waals surface area contributed by atoms with Gasteiger partial charge in [-0.05, 0) is 25.7 Å². The van der Waals surface area contributed by atoms with Gasteiger partial charge in [-0.25, -0.2) is 0 Å². The van der Waals surface area contributed by atoms with Crippen molar-refractivity contribution in [3.63, 3.8) is 0 Å². The summed E-state index contributed by atoms with van der Waals surface area (Å²) >= 11 is 0. The molecule has 0 aliphatic carbocycles. The van der Waals surface area contributed by atoms with Crippen molar-refractivity contribution in [2.45, 2.75) is 46.6 Å². The fourth-order valence-corrected chi connectivity index (χ4v) is 1.50. The van der Waals surface area contributed by atoms with E-state index < -0.39 is 5.54 Å². The van der Waals surface area contributed by atoms with Crippen LogP contribution < -0.4 is 11.1 Å². The van der Waals surface area contributed by atoms with Crippen LogP contribution in [-0.2, 0) is 4.79 Å². The lowest BCUT2D eigenvalue weighted by atomic mass is 9.84. The molecule has 0 rings (SSSR count). The van der Waals surface area contributed by atoms with Gasteiger partial charge in [-0.15, -0.1) is 0 Å². The lowest BCUT2D eigenvalue weighted by Gasteiger charge is -2.29. The van der Waals surface area contributed by atoms with Crippen molar-refractivity contribution in [3.8, 4) is 0 Å². The molecule has 1 amide bonds. The Kier molecular flexibility index (Phi) is 5.42. The molecule has 0 radical (unpaired) electrons. The van der Waals surface area contributed by atoms with Gasteiger partial charge in [0.2, 0.25) is 5.91 Å². The normalized spacial score (nSPS) is 14.7. The number of nitrogens with two attached hydrogens (primary N) is 1. The zero-order valence-corrected chi connectivity index (χ0v) is 11.1. The van der Waals surface area contributed by atoms with E-state index in [2.05, 4.69) is 26.1 Å². The van der Waals surface area contributed by atoms with E-state index >= 15 is 0 Å². The summed E-state index contributed by atoms with van der Waals surface area (Å²) in [6.07, 6.45) is 0.747. The molecular formula is C12H26N2O2. The minimum atomic E-state index is -0.581. The van der Waals surface area contributed by atoms with Crippen molar-refractivity contribution in [3.05, 3.63) is 0 Å². The summed E-state index contributed by atoms with van der Waals surface area (Å²) in [5.74, 6) is -0.262. The second-order valence-electron chi connectivity index (χ2n) is 6.23. The SMILES string of the molecule is CC(C)(C)CC(CN)C(=O)NC(C)(C)CO. The topological polar surface area (TPSA) is 75.4 Å². The van der Waals surface area contributed by atoms with Gasteiger partial charge in [0.1, 0.15) is 0 Å². The Labute approximate surface area is 98.6 Å². The highest BCUT2D eigenvalue weighted by molar-refractivity contribution is 5.79. The van der Waals surface area contributed by atoms with Crippen LogP contribution in [0.15, 0.2) is 0 Å². The van der Waals surface area contributed by atoms with Crippen molar-refractivity contribution >= 4 is 5.91 Å². The Morgan fingerprint density at radius 3 is 2.12 bits per heavy atom. The first-order valence-corrected chi connectivity index (χ1v) is 5.74. The van der Waals surface area contributed by atoms with E-state index in [1.165, 1.54) is 0 Å². The Balaban J connectivity index is 4.44. The molecule has 96 valence electrons. The van der Waals surface area contributed by atoms with Crippen LogP contribution in [0.4, 0.5) is 0 Å². The first-order valence-electron chi connectivity index (χ1n) is 5.74. The first kappa shape index (κ1) is 15.4. The maximum absolute atomic E-state index is 11.9. The van der Waals surface area contributed by atoms with Crippen molar-refractivity contribution in [2.75, 3.05) is 13.2 Å². The van der Waals surface area contributed by atoms with Gasteiger partial charge >= 0.3 is 0 Å². The van der Waals surface area contributed by atoms with Crippen molar-refractivity contribution in [2.24, 2.45) is 17.1 Å². The first-order chi connectivity index (χ1) is 7.11. The number of amides is 1. The molecule has 4 N–H and O–H groups in total. The van der Waals surface area contributed by atoms with E-state index in [9.17, 15) is 4.79 Å². The van der Waals surface area contributed by atoms with Crippen molar-refractivity contribution in [1.82, 2.24) is 5.32 Å². The largest absolute Gasteiger partial charge is 0.394 e. The highest BCUT2D eigenvalue weighted by Gasteiger charge is 2.27. The zero-order chi connectivity index (χ0) is 13.0. The number of rotatable bonds is 5. The molecule has 4 heteroatoms. The predicted octanol–water partition coefficient (Wildman–Crippen LogP) is 0.885. The summed E-state index contributed by atoms with van der Waals surface area (Å²) in [4.78, 5) is 11.9. The third-order valence-corrected chi connectivity index (χ3v) is 2.37. The summed E-state index contributed by atoms with van der Waals surface area (Å²) in [5.41, 5.74) is 5.11. The second kappa shape index (κ2) is 5.64. The third kappa shape index (κ3) is 6.08. The lowest BCUT2D eigenvalue weighted by Crippen LogP contribution is -2.50. The van der Waals surface area contributed by atoms with Crippen LogP contribution in [-0.4, -0.2) is 29.7 Å². The third-order valence-electron chi connectivity index (χ3n) is 2.37. The summed E-state index contributed by atoms with van der Waals surface area (Å²) in [6.45, 7) is 10.1. The Bertz CT molecular complexity index is 232. The van der Waals surface area contributed by atoms with Gasteiger partial charge in [-0.1, -0.05) is 20.8 Å². The van der Waals surface area contributed by atoms with Crippen LogP contribution in [0, 0.1) is 11.3 Å². The standard InChI is InChI=1S/C12H26N2O2/c1-11(2,3)6-9(7-13)10(16)14-12(4,5)8-15/h9,15H,6-8,13H2,1-5H3,(H,14,16). The van der Waals surface area contributed by atoms with Crippen LogP contribution >= 0.6 is 0 Å². The molecule has 0 saturated heterocycles. The van der Waals surface area contributed by atoms with E-state index in [1.54, 1.807) is 13.8 Å². The summed E-state index contributed by atoms with van der Waals surface area (Å²) < 4.78 is 0. The molecule has 0 aromatic carbocycles. The van der Waals surface area contributed by atoms with Gasteiger partial charge in [0, 0.05) is 6.54 Å². The molecule has 0 spiro atoms. The lowest BCUT2D eigenvalue weighted by molar-refractivity contribution is -0.127. The molecule has 1 unspecified atom stereocenters. The molecule has 1 atom stereocenters.